The average Bonchev–Trinajstić information content (AvgIpc) is 2.30. The number of rotatable bonds is 5. The maximum absolute atomic E-state index is 11.9. The average molecular weight is 246 g/mol. The van der Waals surface area contributed by atoms with Crippen LogP contribution >= 0.6 is 0 Å². The molecule has 0 bridgehead atoms. The number of hydrogen-bond donors (Lipinski definition) is 1. The fraction of sp³-hybridized carbons (Fsp3) is 0.429. The number of carbonyl (C=O) groups is 1. The van der Waals surface area contributed by atoms with Crippen LogP contribution in [-0.4, -0.2) is 13.0 Å². The number of benzene rings is 1. The summed E-state index contributed by atoms with van der Waals surface area (Å²) >= 11 is 0. The summed E-state index contributed by atoms with van der Waals surface area (Å²) in [6.07, 6.45) is 0. The van der Waals surface area contributed by atoms with E-state index >= 15 is 0 Å². The van der Waals surface area contributed by atoms with E-state index in [4.69, 9.17) is 10.00 Å². The lowest BCUT2D eigenvalue weighted by molar-refractivity contribution is -0.119. The Bertz CT molecular complexity index is 449. The molecule has 1 aromatic carbocycles. The largest absolute Gasteiger partial charge is 0.380 e. The molecule has 0 saturated carbocycles. The minimum Gasteiger partial charge on any atom is -0.380 e. The number of nitrogens with one attached hydrogen (secondary N) is 1. The van der Waals surface area contributed by atoms with Crippen LogP contribution in [0.4, 0.5) is 5.69 Å². The van der Waals surface area contributed by atoms with E-state index in [2.05, 4.69) is 5.32 Å². The van der Waals surface area contributed by atoms with Gasteiger partial charge in [0, 0.05) is 12.8 Å². The van der Waals surface area contributed by atoms with E-state index in [0.717, 1.165) is 5.56 Å². The summed E-state index contributed by atoms with van der Waals surface area (Å²) < 4.78 is 5.03. The van der Waals surface area contributed by atoms with Gasteiger partial charge in [-0.15, -0.1) is 0 Å². The van der Waals surface area contributed by atoms with E-state index in [-0.39, 0.29) is 11.8 Å². The first kappa shape index (κ1) is 14.2. The molecule has 0 spiro atoms. The van der Waals surface area contributed by atoms with Crippen LogP contribution in [-0.2, 0) is 16.1 Å². The van der Waals surface area contributed by atoms with E-state index in [1.165, 1.54) is 0 Å². The fourth-order valence-corrected chi connectivity index (χ4v) is 1.64. The zero-order chi connectivity index (χ0) is 13.5. The topological polar surface area (TPSA) is 62.1 Å². The monoisotopic (exact) mass is 246 g/mol. The summed E-state index contributed by atoms with van der Waals surface area (Å²) in [5.41, 5.74) is 1.67. The van der Waals surface area contributed by atoms with Gasteiger partial charge in [-0.2, -0.15) is 5.26 Å². The van der Waals surface area contributed by atoms with E-state index in [9.17, 15) is 4.79 Å². The van der Waals surface area contributed by atoms with Crippen LogP contribution in [0.5, 0.6) is 0 Å². The highest BCUT2D eigenvalue weighted by Gasteiger charge is 2.21. The van der Waals surface area contributed by atoms with Gasteiger partial charge in [0.1, 0.15) is 5.92 Å². The SMILES string of the molecule is COCc1cccc(NC(=O)C(C#N)C(C)C)c1. The lowest BCUT2D eigenvalue weighted by Crippen LogP contribution is -2.25. The number of amides is 1. The second-order valence-electron chi connectivity index (χ2n) is 4.47. The Morgan fingerprint density at radius 2 is 2.22 bits per heavy atom. The quantitative estimate of drug-likeness (QED) is 0.868. The Balaban J connectivity index is 2.75. The summed E-state index contributed by atoms with van der Waals surface area (Å²) in [5, 5.41) is 11.7. The molecule has 1 aromatic rings. The third-order valence-electron chi connectivity index (χ3n) is 2.59. The van der Waals surface area contributed by atoms with Crippen molar-refractivity contribution in [1.29, 1.82) is 5.26 Å². The molecule has 0 radical (unpaired) electrons. The summed E-state index contributed by atoms with van der Waals surface area (Å²) in [4.78, 5) is 11.9. The molecule has 0 aromatic heterocycles. The molecule has 4 nitrogen and oxygen atoms in total. The van der Waals surface area contributed by atoms with Gasteiger partial charge in [-0.1, -0.05) is 26.0 Å². The second-order valence-corrected chi connectivity index (χ2v) is 4.47. The van der Waals surface area contributed by atoms with Crippen LogP contribution in [0.1, 0.15) is 19.4 Å². The predicted octanol–water partition coefficient (Wildman–Crippen LogP) is 2.57. The van der Waals surface area contributed by atoms with E-state index < -0.39 is 5.92 Å². The molecule has 18 heavy (non-hydrogen) atoms. The summed E-state index contributed by atoms with van der Waals surface area (Å²) in [6, 6.07) is 9.43. The van der Waals surface area contributed by atoms with Crippen LogP contribution in [0.25, 0.3) is 0 Å². The Morgan fingerprint density at radius 1 is 1.50 bits per heavy atom. The predicted molar refractivity (Wildman–Crippen MR) is 69.7 cm³/mol. The van der Waals surface area contributed by atoms with Crippen LogP contribution < -0.4 is 5.32 Å². The normalized spacial score (nSPS) is 11.9. The van der Waals surface area contributed by atoms with Crippen molar-refractivity contribution in [2.24, 2.45) is 11.8 Å². The van der Waals surface area contributed by atoms with Crippen molar-refractivity contribution < 1.29 is 9.53 Å². The lowest BCUT2D eigenvalue weighted by atomic mass is 9.96. The molecule has 0 aliphatic rings. The van der Waals surface area contributed by atoms with Crippen LogP contribution in [0, 0.1) is 23.2 Å². The molecule has 0 saturated heterocycles. The molecule has 0 heterocycles. The van der Waals surface area contributed by atoms with Crippen molar-refractivity contribution in [2.75, 3.05) is 12.4 Å². The lowest BCUT2D eigenvalue weighted by Gasteiger charge is -2.13. The minimum absolute atomic E-state index is 0.00263. The molecule has 0 aliphatic heterocycles. The Kier molecular flexibility index (Phi) is 5.34. The first-order valence-corrected chi connectivity index (χ1v) is 5.86. The highest BCUT2D eigenvalue weighted by atomic mass is 16.5. The zero-order valence-corrected chi connectivity index (χ0v) is 10.9. The van der Waals surface area contributed by atoms with Crippen molar-refractivity contribution in [2.45, 2.75) is 20.5 Å². The first-order valence-electron chi connectivity index (χ1n) is 5.86. The van der Waals surface area contributed by atoms with Crippen molar-refractivity contribution in [3.05, 3.63) is 29.8 Å². The number of nitriles is 1. The Morgan fingerprint density at radius 3 is 2.78 bits per heavy atom. The number of anilines is 1. The summed E-state index contributed by atoms with van der Waals surface area (Å²) in [5.74, 6) is -0.893. The zero-order valence-electron chi connectivity index (χ0n) is 10.9. The van der Waals surface area contributed by atoms with Gasteiger partial charge in [-0.05, 0) is 23.6 Å². The van der Waals surface area contributed by atoms with Crippen LogP contribution in [0.3, 0.4) is 0 Å². The molecular formula is C14H18N2O2. The summed E-state index contributed by atoms with van der Waals surface area (Å²) in [6.45, 7) is 4.21. The molecule has 1 rings (SSSR count). The Hall–Kier alpha value is -1.86. The number of carbonyl (C=O) groups excluding carboxylic acids is 1. The molecule has 96 valence electrons. The highest BCUT2D eigenvalue weighted by molar-refractivity contribution is 5.94. The molecule has 1 unspecified atom stereocenters. The molecular weight excluding hydrogens is 228 g/mol. The first-order chi connectivity index (χ1) is 8.58. The van der Waals surface area contributed by atoms with Crippen molar-refractivity contribution in [3.8, 4) is 6.07 Å². The van der Waals surface area contributed by atoms with Gasteiger partial charge in [-0.3, -0.25) is 4.79 Å². The third kappa shape index (κ3) is 3.86. The molecule has 0 fully saturated rings. The van der Waals surface area contributed by atoms with Crippen molar-refractivity contribution >= 4 is 11.6 Å². The van der Waals surface area contributed by atoms with Crippen LogP contribution in [0.2, 0.25) is 0 Å². The number of nitrogens with zero attached hydrogens (tertiary/aromatic N) is 1. The maximum atomic E-state index is 11.9. The minimum atomic E-state index is -0.629. The second kappa shape index (κ2) is 6.77. The molecule has 1 amide bonds. The van der Waals surface area contributed by atoms with E-state index in [0.29, 0.717) is 12.3 Å². The molecule has 1 atom stereocenters. The van der Waals surface area contributed by atoms with E-state index in [1.54, 1.807) is 13.2 Å². The van der Waals surface area contributed by atoms with Gasteiger partial charge in [0.25, 0.3) is 0 Å². The van der Waals surface area contributed by atoms with Gasteiger partial charge in [0.15, 0.2) is 0 Å². The number of methoxy groups -OCH3 is 1. The van der Waals surface area contributed by atoms with Crippen molar-refractivity contribution in [1.82, 2.24) is 0 Å². The van der Waals surface area contributed by atoms with Gasteiger partial charge >= 0.3 is 0 Å². The number of ether oxygens (including phenoxy) is 1. The highest BCUT2D eigenvalue weighted by Crippen LogP contribution is 2.15. The fourth-order valence-electron chi connectivity index (χ4n) is 1.64. The third-order valence-corrected chi connectivity index (χ3v) is 2.59. The molecule has 1 N–H and O–H groups in total. The van der Waals surface area contributed by atoms with E-state index in [1.807, 2.05) is 38.1 Å². The maximum Gasteiger partial charge on any atom is 0.241 e. The smallest absolute Gasteiger partial charge is 0.241 e. The number of hydrogen-bond acceptors (Lipinski definition) is 3. The molecule has 0 aliphatic carbocycles. The van der Waals surface area contributed by atoms with Gasteiger partial charge in [-0.25, -0.2) is 0 Å². The van der Waals surface area contributed by atoms with Crippen molar-refractivity contribution in [3.63, 3.8) is 0 Å². The van der Waals surface area contributed by atoms with Gasteiger partial charge in [0.05, 0.1) is 12.7 Å². The van der Waals surface area contributed by atoms with Gasteiger partial charge < -0.3 is 10.1 Å². The molecule has 4 heteroatoms. The Labute approximate surface area is 108 Å². The van der Waals surface area contributed by atoms with Crippen LogP contribution in [0.15, 0.2) is 24.3 Å². The summed E-state index contributed by atoms with van der Waals surface area (Å²) in [7, 11) is 1.62. The standard InChI is InChI=1S/C14H18N2O2/c1-10(2)13(8-15)14(17)16-12-6-4-5-11(7-12)9-18-3/h4-7,10,13H,9H2,1-3H3,(H,16,17). The van der Waals surface area contributed by atoms with Gasteiger partial charge in [0.2, 0.25) is 5.91 Å².